The zero-order valence-electron chi connectivity index (χ0n) is 10.1. The highest BCUT2D eigenvalue weighted by atomic mass is 19.1. The van der Waals surface area contributed by atoms with E-state index < -0.39 is 11.6 Å². The average molecular weight is 258 g/mol. The van der Waals surface area contributed by atoms with Crippen LogP contribution in [0.4, 0.5) is 8.78 Å². The average Bonchev–Trinajstić information content (AvgIpc) is 2.33. The molecule has 18 heavy (non-hydrogen) atoms. The summed E-state index contributed by atoms with van der Waals surface area (Å²) in [5.74, 6) is -1.55. The van der Waals surface area contributed by atoms with Crippen LogP contribution in [-0.4, -0.2) is 32.7 Å². The first-order chi connectivity index (χ1) is 8.63. The molecule has 0 saturated carbocycles. The smallest absolute Gasteiger partial charge is 0.234 e. The Hall–Kier alpha value is -1.53. The first-order valence-electron chi connectivity index (χ1n) is 5.53. The first kappa shape index (κ1) is 14.5. The molecule has 0 aromatic heterocycles. The second-order valence-electron chi connectivity index (χ2n) is 3.68. The summed E-state index contributed by atoms with van der Waals surface area (Å²) < 4.78 is 30.7. The number of methoxy groups -OCH3 is 1. The number of halogens is 2. The highest BCUT2D eigenvalue weighted by molar-refractivity contribution is 5.77. The van der Waals surface area contributed by atoms with Crippen molar-refractivity contribution in [2.24, 2.45) is 0 Å². The van der Waals surface area contributed by atoms with Crippen molar-refractivity contribution in [3.05, 3.63) is 35.4 Å². The lowest BCUT2D eigenvalue weighted by Crippen LogP contribution is -2.35. The van der Waals surface area contributed by atoms with Crippen molar-refractivity contribution in [1.29, 1.82) is 0 Å². The molecular weight excluding hydrogens is 242 g/mol. The van der Waals surface area contributed by atoms with E-state index in [1.807, 2.05) is 0 Å². The van der Waals surface area contributed by atoms with E-state index in [4.69, 9.17) is 4.74 Å². The maximum absolute atomic E-state index is 13.2. The van der Waals surface area contributed by atoms with Gasteiger partial charge in [-0.15, -0.1) is 0 Å². The molecule has 4 nitrogen and oxygen atoms in total. The van der Waals surface area contributed by atoms with Crippen LogP contribution in [0.25, 0.3) is 0 Å². The van der Waals surface area contributed by atoms with E-state index in [0.717, 1.165) is 12.1 Å². The van der Waals surface area contributed by atoms with Crippen LogP contribution >= 0.6 is 0 Å². The fraction of sp³-hybridized carbons (Fsp3) is 0.417. The zero-order chi connectivity index (χ0) is 13.4. The summed E-state index contributed by atoms with van der Waals surface area (Å²) in [6.45, 7) is 1.25. The number of hydrogen-bond donors (Lipinski definition) is 2. The molecule has 1 rings (SSSR count). The number of rotatable bonds is 7. The van der Waals surface area contributed by atoms with Crippen LogP contribution in [0.15, 0.2) is 18.2 Å². The van der Waals surface area contributed by atoms with Crippen LogP contribution in [0.3, 0.4) is 0 Å². The Balaban J connectivity index is 2.29. The first-order valence-corrected chi connectivity index (χ1v) is 5.53. The normalized spacial score (nSPS) is 10.4. The molecular formula is C12H16F2N2O2. The van der Waals surface area contributed by atoms with Crippen molar-refractivity contribution in [2.45, 2.75) is 6.54 Å². The molecule has 100 valence electrons. The van der Waals surface area contributed by atoms with Crippen molar-refractivity contribution < 1.29 is 18.3 Å². The monoisotopic (exact) mass is 258 g/mol. The molecule has 0 heterocycles. The van der Waals surface area contributed by atoms with Gasteiger partial charge in [-0.05, 0) is 6.07 Å². The van der Waals surface area contributed by atoms with Gasteiger partial charge in [0, 0.05) is 31.8 Å². The van der Waals surface area contributed by atoms with Crippen molar-refractivity contribution in [3.8, 4) is 0 Å². The minimum absolute atomic E-state index is 0.0386. The molecule has 0 atom stereocenters. The Morgan fingerprint density at radius 1 is 1.39 bits per heavy atom. The summed E-state index contributed by atoms with van der Waals surface area (Å²) in [5, 5.41) is 5.39. The van der Waals surface area contributed by atoms with Crippen LogP contribution in [0, 0.1) is 11.6 Å². The molecule has 0 aliphatic carbocycles. The van der Waals surface area contributed by atoms with E-state index in [0.29, 0.717) is 13.2 Å². The molecule has 0 bridgehead atoms. The van der Waals surface area contributed by atoms with Crippen LogP contribution in [-0.2, 0) is 16.1 Å². The molecule has 0 aliphatic rings. The van der Waals surface area contributed by atoms with Crippen LogP contribution in [0.5, 0.6) is 0 Å². The maximum Gasteiger partial charge on any atom is 0.234 e. The number of nitrogens with one attached hydrogen (secondary N) is 2. The number of amides is 1. The Bertz CT molecular complexity index is 400. The van der Waals surface area contributed by atoms with Crippen LogP contribution < -0.4 is 10.6 Å². The Labute approximate surface area is 104 Å². The number of hydrogen-bond acceptors (Lipinski definition) is 3. The second kappa shape index (κ2) is 7.73. The van der Waals surface area contributed by atoms with E-state index in [1.165, 1.54) is 6.07 Å². The molecule has 2 N–H and O–H groups in total. The third kappa shape index (κ3) is 5.20. The molecule has 1 aromatic rings. The molecule has 0 saturated heterocycles. The highest BCUT2D eigenvalue weighted by Gasteiger charge is 2.05. The van der Waals surface area contributed by atoms with E-state index in [-0.39, 0.29) is 24.6 Å². The van der Waals surface area contributed by atoms with Crippen molar-refractivity contribution in [1.82, 2.24) is 10.6 Å². The van der Waals surface area contributed by atoms with Crippen LogP contribution in [0.2, 0.25) is 0 Å². The minimum Gasteiger partial charge on any atom is -0.383 e. The number of carbonyl (C=O) groups is 1. The molecule has 0 fully saturated rings. The van der Waals surface area contributed by atoms with E-state index in [9.17, 15) is 13.6 Å². The van der Waals surface area contributed by atoms with Crippen molar-refractivity contribution in [3.63, 3.8) is 0 Å². The summed E-state index contributed by atoms with van der Waals surface area (Å²) >= 11 is 0. The fourth-order valence-corrected chi connectivity index (χ4v) is 1.30. The third-order valence-electron chi connectivity index (χ3n) is 2.26. The van der Waals surface area contributed by atoms with Gasteiger partial charge in [-0.2, -0.15) is 0 Å². The van der Waals surface area contributed by atoms with Crippen molar-refractivity contribution >= 4 is 5.91 Å². The zero-order valence-corrected chi connectivity index (χ0v) is 10.1. The highest BCUT2D eigenvalue weighted by Crippen LogP contribution is 2.08. The lowest BCUT2D eigenvalue weighted by molar-refractivity contribution is -0.120. The van der Waals surface area contributed by atoms with E-state index in [1.54, 1.807) is 7.11 Å². The van der Waals surface area contributed by atoms with Gasteiger partial charge in [0.05, 0.1) is 13.2 Å². The predicted octanol–water partition coefficient (Wildman–Crippen LogP) is 0.817. The van der Waals surface area contributed by atoms with E-state index in [2.05, 4.69) is 10.6 Å². The van der Waals surface area contributed by atoms with Gasteiger partial charge in [0.15, 0.2) is 0 Å². The van der Waals surface area contributed by atoms with Gasteiger partial charge in [0.25, 0.3) is 0 Å². The fourth-order valence-electron chi connectivity index (χ4n) is 1.30. The minimum atomic E-state index is -0.664. The van der Waals surface area contributed by atoms with Gasteiger partial charge >= 0.3 is 0 Å². The van der Waals surface area contributed by atoms with Gasteiger partial charge in [-0.1, -0.05) is 6.07 Å². The Kier molecular flexibility index (Phi) is 6.24. The molecule has 0 unspecified atom stereocenters. The molecule has 0 spiro atoms. The third-order valence-corrected chi connectivity index (χ3v) is 2.26. The molecule has 0 aliphatic heterocycles. The predicted molar refractivity (Wildman–Crippen MR) is 63.0 cm³/mol. The number of ether oxygens (including phenoxy) is 1. The van der Waals surface area contributed by atoms with Gasteiger partial charge < -0.3 is 15.4 Å². The summed E-state index contributed by atoms with van der Waals surface area (Å²) in [6, 6.07) is 3.25. The van der Waals surface area contributed by atoms with Gasteiger partial charge in [0.2, 0.25) is 5.91 Å². The summed E-state index contributed by atoms with van der Waals surface area (Å²) in [4.78, 5) is 11.3. The summed E-state index contributed by atoms with van der Waals surface area (Å²) in [7, 11) is 1.57. The summed E-state index contributed by atoms with van der Waals surface area (Å²) in [6.07, 6.45) is 0. The largest absolute Gasteiger partial charge is 0.383 e. The molecule has 1 aromatic carbocycles. The van der Waals surface area contributed by atoms with Crippen molar-refractivity contribution in [2.75, 3.05) is 26.8 Å². The van der Waals surface area contributed by atoms with Gasteiger partial charge in [-0.25, -0.2) is 8.78 Å². The number of carbonyl (C=O) groups excluding carboxylic acids is 1. The molecule has 1 amide bonds. The Morgan fingerprint density at radius 3 is 2.83 bits per heavy atom. The van der Waals surface area contributed by atoms with Gasteiger partial charge in [0.1, 0.15) is 11.6 Å². The lowest BCUT2D eigenvalue weighted by Gasteiger charge is -2.07. The molecule has 6 heteroatoms. The van der Waals surface area contributed by atoms with Gasteiger partial charge in [-0.3, -0.25) is 4.79 Å². The SMILES string of the molecule is COCCNCC(=O)NCc1ccc(F)cc1F. The maximum atomic E-state index is 13.2. The number of benzene rings is 1. The van der Waals surface area contributed by atoms with E-state index >= 15 is 0 Å². The topological polar surface area (TPSA) is 50.4 Å². The second-order valence-corrected chi connectivity index (χ2v) is 3.68. The summed E-state index contributed by atoms with van der Waals surface area (Å²) in [5.41, 5.74) is 0.252. The molecule has 0 radical (unpaired) electrons. The quantitative estimate of drug-likeness (QED) is 0.712. The standard InChI is InChI=1S/C12H16F2N2O2/c1-18-5-4-15-8-12(17)16-7-9-2-3-10(13)6-11(9)14/h2-3,6,15H,4-5,7-8H2,1H3,(H,16,17). The van der Waals surface area contributed by atoms with Crippen LogP contribution in [0.1, 0.15) is 5.56 Å². The Morgan fingerprint density at radius 2 is 2.17 bits per heavy atom. The lowest BCUT2D eigenvalue weighted by atomic mass is 10.2.